The molecule has 1 saturated carbocycles. The van der Waals surface area contributed by atoms with Crippen molar-refractivity contribution in [2.24, 2.45) is 0 Å². The number of anilines is 2. The monoisotopic (exact) mass is 277 g/mol. The molecule has 2 aliphatic rings. The Balaban J connectivity index is 1.86. The van der Waals surface area contributed by atoms with E-state index in [4.69, 9.17) is 0 Å². The predicted octanol–water partition coefficient (Wildman–Crippen LogP) is 1.32. The van der Waals surface area contributed by atoms with Gasteiger partial charge in [-0.2, -0.15) is 0 Å². The van der Waals surface area contributed by atoms with Gasteiger partial charge in [-0.25, -0.2) is 4.98 Å². The minimum absolute atomic E-state index is 0.0934. The van der Waals surface area contributed by atoms with E-state index in [0.29, 0.717) is 11.9 Å². The molecule has 20 heavy (non-hydrogen) atoms. The zero-order chi connectivity index (χ0) is 14.1. The van der Waals surface area contributed by atoms with Crippen molar-refractivity contribution in [3.05, 3.63) is 22.2 Å². The van der Waals surface area contributed by atoms with Crippen LogP contribution in [0.1, 0.15) is 12.8 Å². The molecule has 1 aromatic heterocycles. The Labute approximate surface area is 117 Å². The third kappa shape index (κ3) is 2.82. The number of aromatic nitrogens is 1. The van der Waals surface area contributed by atoms with Crippen LogP contribution in [-0.4, -0.2) is 54.1 Å². The zero-order valence-corrected chi connectivity index (χ0v) is 11.6. The molecule has 0 radical (unpaired) electrons. The molecular weight excluding hydrogens is 258 g/mol. The van der Waals surface area contributed by atoms with E-state index in [2.05, 4.69) is 22.2 Å². The van der Waals surface area contributed by atoms with Crippen molar-refractivity contribution in [3.63, 3.8) is 0 Å². The second-order valence-corrected chi connectivity index (χ2v) is 5.51. The molecule has 3 rings (SSSR count). The van der Waals surface area contributed by atoms with Crippen LogP contribution in [0.25, 0.3) is 0 Å². The fraction of sp³-hybridized carbons (Fsp3) is 0.615. The molecule has 108 valence electrons. The second kappa shape index (κ2) is 5.24. The summed E-state index contributed by atoms with van der Waals surface area (Å²) in [5, 5.41) is 14.5. The average molecular weight is 277 g/mol. The maximum absolute atomic E-state index is 11.2. The summed E-state index contributed by atoms with van der Waals surface area (Å²) in [6, 6.07) is 3.76. The normalized spacial score (nSPS) is 19.9. The molecular formula is C13H19N5O2. The number of nitro groups is 1. The first-order chi connectivity index (χ1) is 9.63. The van der Waals surface area contributed by atoms with Crippen LogP contribution in [0, 0.1) is 10.1 Å². The van der Waals surface area contributed by atoms with Gasteiger partial charge >= 0.3 is 5.69 Å². The Hall–Kier alpha value is -1.89. The first-order valence-corrected chi connectivity index (χ1v) is 6.99. The number of pyridine rings is 1. The second-order valence-electron chi connectivity index (χ2n) is 5.51. The van der Waals surface area contributed by atoms with Crippen molar-refractivity contribution in [2.75, 3.05) is 43.4 Å². The van der Waals surface area contributed by atoms with Gasteiger partial charge in [0.05, 0.1) is 4.92 Å². The molecule has 2 heterocycles. The Morgan fingerprint density at radius 1 is 1.30 bits per heavy atom. The zero-order valence-electron chi connectivity index (χ0n) is 11.6. The number of nitrogens with zero attached hydrogens (tertiary/aromatic N) is 4. The lowest BCUT2D eigenvalue weighted by molar-refractivity contribution is -0.384. The standard InChI is InChI=1S/C13H19N5O2/c1-16-6-8-17(9-7-16)13-11(18(19)20)4-5-12(15-13)14-10-2-3-10/h4-5,10H,2-3,6-9H2,1H3,(H,14,15). The third-order valence-corrected chi connectivity index (χ3v) is 3.78. The predicted molar refractivity (Wildman–Crippen MR) is 77.2 cm³/mol. The molecule has 0 unspecified atom stereocenters. The maximum atomic E-state index is 11.2. The lowest BCUT2D eigenvalue weighted by atomic mass is 10.3. The summed E-state index contributed by atoms with van der Waals surface area (Å²) in [5.74, 6) is 1.24. The average Bonchev–Trinajstić information content (AvgIpc) is 3.23. The van der Waals surface area contributed by atoms with Crippen LogP contribution in [-0.2, 0) is 0 Å². The summed E-state index contributed by atoms with van der Waals surface area (Å²) in [6.45, 7) is 3.35. The third-order valence-electron chi connectivity index (χ3n) is 3.78. The van der Waals surface area contributed by atoms with Crippen molar-refractivity contribution in [3.8, 4) is 0 Å². The summed E-state index contributed by atoms with van der Waals surface area (Å²) in [5.41, 5.74) is 0.0934. The molecule has 0 aromatic carbocycles. The van der Waals surface area contributed by atoms with Crippen LogP contribution in [0.3, 0.4) is 0 Å². The van der Waals surface area contributed by atoms with Gasteiger partial charge in [-0.05, 0) is 26.0 Å². The van der Waals surface area contributed by atoms with E-state index in [9.17, 15) is 10.1 Å². The summed E-state index contributed by atoms with van der Waals surface area (Å²) < 4.78 is 0. The molecule has 1 aliphatic carbocycles. The molecule has 2 fully saturated rings. The molecule has 0 spiro atoms. The molecule has 1 aromatic rings. The van der Waals surface area contributed by atoms with E-state index < -0.39 is 0 Å². The van der Waals surface area contributed by atoms with Gasteiger partial charge in [-0.3, -0.25) is 10.1 Å². The van der Waals surface area contributed by atoms with Crippen LogP contribution >= 0.6 is 0 Å². The van der Waals surface area contributed by atoms with Crippen LogP contribution < -0.4 is 10.2 Å². The largest absolute Gasteiger partial charge is 0.367 e. The van der Waals surface area contributed by atoms with Crippen LogP contribution in [0.2, 0.25) is 0 Å². The Morgan fingerprint density at radius 2 is 2.00 bits per heavy atom. The van der Waals surface area contributed by atoms with Crippen LogP contribution in [0.4, 0.5) is 17.3 Å². The van der Waals surface area contributed by atoms with Gasteiger partial charge in [0, 0.05) is 38.3 Å². The molecule has 0 bridgehead atoms. The topological polar surface area (TPSA) is 74.5 Å². The van der Waals surface area contributed by atoms with Crippen molar-refractivity contribution in [1.82, 2.24) is 9.88 Å². The quantitative estimate of drug-likeness (QED) is 0.661. The minimum atomic E-state index is -0.346. The first kappa shape index (κ1) is 13.1. The van der Waals surface area contributed by atoms with Gasteiger partial charge in [-0.15, -0.1) is 0 Å². The van der Waals surface area contributed by atoms with Gasteiger partial charge in [0.25, 0.3) is 0 Å². The van der Waals surface area contributed by atoms with Gasteiger partial charge in [0.15, 0.2) is 0 Å². The molecule has 7 heteroatoms. The smallest absolute Gasteiger partial charge is 0.311 e. The number of hydrogen-bond acceptors (Lipinski definition) is 6. The lowest BCUT2D eigenvalue weighted by Crippen LogP contribution is -2.45. The lowest BCUT2D eigenvalue weighted by Gasteiger charge is -2.32. The fourth-order valence-corrected chi connectivity index (χ4v) is 2.35. The Kier molecular flexibility index (Phi) is 3.43. The molecule has 7 nitrogen and oxygen atoms in total. The van der Waals surface area contributed by atoms with E-state index >= 15 is 0 Å². The van der Waals surface area contributed by atoms with E-state index in [-0.39, 0.29) is 10.6 Å². The van der Waals surface area contributed by atoms with Crippen molar-refractivity contribution < 1.29 is 4.92 Å². The molecule has 1 saturated heterocycles. The van der Waals surface area contributed by atoms with E-state index in [1.807, 2.05) is 4.90 Å². The van der Waals surface area contributed by atoms with E-state index in [0.717, 1.165) is 44.8 Å². The summed E-state index contributed by atoms with van der Waals surface area (Å²) in [7, 11) is 2.06. The van der Waals surface area contributed by atoms with Crippen LogP contribution in [0.5, 0.6) is 0 Å². The van der Waals surface area contributed by atoms with Gasteiger partial charge in [-0.1, -0.05) is 0 Å². The highest BCUT2D eigenvalue weighted by molar-refractivity contribution is 5.62. The van der Waals surface area contributed by atoms with Crippen molar-refractivity contribution in [2.45, 2.75) is 18.9 Å². The molecule has 1 N–H and O–H groups in total. The SMILES string of the molecule is CN1CCN(c2nc(NC3CC3)ccc2[N+](=O)[O-])CC1. The highest BCUT2D eigenvalue weighted by atomic mass is 16.6. The van der Waals surface area contributed by atoms with Gasteiger partial charge in [0.2, 0.25) is 5.82 Å². The molecule has 1 aliphatic heterocycles. The van der Waals surface area contributed by atoms with E-state index in [1.165, 1.54) is 0 Å². The molecule has 0 atom stereocenters. The van der Waals surface area contributed by atoms with Gasteiger partial charge in [0.1, 0.15) is 5.82 Å². The molecule has 0 amide bonds. The Bertz CT molecular complexity index is 509. The summed E-state index contributed by atoms with van der Waals surface area (Å²) >= 11 is 0. The number of rotatable bonds is 4. The van der Waals surface area contributed by atoms with Crippen molar-refractivity contribution >= 4 is 17.3 Å². The maximum Gasteiger partial charge on any atom is 0.311 e. The minimum Gasteiger partial charge on any atom is -0.367 e. The summed E-state index contributed by atoms with van der Waals surface area (Å²) in [4.78, 5) is 19.5. The Morgan fingerprint density at radius 3 is 2.60 bits per heavy atom. The number of piperazine rings is 1. The van der Waals surface area contributed by atoms with Crippen LogP contribution in [0.15, 0.2) is 12.1 Å². The first-order valence-electron chi connectivity index (χ1n) is 6.99. The highest BCUT2D eigenvalue weighted by Gasteiger charge is 2.26. The summed E-state index contributed by atoms with van der Waals surface area (Å²) in [6.07, 6.45) is 2.31. The fourth-order valence-electron chi connectivity index (χ4n) is 2.35. The number of nitrogens with one attached hydrogen (secondary N) is 1. The van der Waals surface area contributed by atoms with Crippen molar-refractivity contribution in [1.29, 1.82) is 0 Å². The highest BCUT2D eigenvalue weighted by Crippen LogP contribution is 2.30. The van der Waals surface area contributed by atoms with E-state index in [1.54, 1.807) is 12.1 Å². The number of likely N-dealkylation sites (N-methyl/N-ethyl adjacent to an activating group) is 1. The van der Waals surface area contributed by atoms with Gasteiger partial charge < -0.3 is 15.1 Å². The number of hydrogen-bond donors (Lipinski definition) is 1.